The van der Waals surface area contributed by atoms with Crippen LogP contribution in [0.25, 0.3) is 4.91 Å². The summed E-state index contributed by atoms with van der Waals surface area (Å²) >= 11 is 1.66. The first kappa shape index (κ1) is 12.1. The normalized spacial score (nSPS) is 9.80. The molecule has 0 bridgehead atoms. The Morgan fingerprint density at radius 1 is 1.33 bits per heavy atom. The molecule has 0 fully saturated rings. The smallest absolute Gasteiger partial charge is 0.0178 e. The lowest BCUT2D eigenvalue weighted by Gasteiger charge is -2.07. The number of hydrogen-bond acceptors (Lipinski definition) is 2. The van der Waals surface area contributed by atoms with Crippen LogP contribution < -0.4 is 5.73 Å². The van der Waals surface area contributed by atoms with Crippen LogP contribution in [0.15, 0.2) is 41.8 Å². The monoisotopic (exact) mass is 219 g/mol. The third-order valence-corrected chi connectivity index (χ3v) is 3.15. The molecule has 0 heterocycles. The molecule has 1 aromatic rings. The second-order valence-corrected chi connectivity index (χ2v) is 4.49. The van der Waals surface area contributed by atoms with Gasteiger partial charge in [0.25, 0.3) is 0 Å². The van der Waals surface area contributed by atoms with Crippen LogP contribution in [0.3, 0.4) is 0 Å². The van der Waals surface area contributed by atoms with E-state index < -0.39 is 0 Å². The highest BCUT2D eigenvalue weighted by molar-refractivity contribution is 8.10. The summed E-state index contributed by atoms with van der Waals surface area (Å²) in [6.07, 6.45) is 0. The standard InChI is InChI=1S/C13H17NS/c1-4-15-13(10(2)3)12-7-5-11(9-14)6-8-12/h4-8H,1,9,14H2,2-3H3. The summed E-state index contributed by atoms with van der Waals surface area (Å²) in [6.45, 7) is 8.57. The molecule has 15 heavy (non-hydrogen) atoms. The minimum absolute atomic E-state index is 0.596. The minimum atomic E-state index is 0.596. The van der Waals surface area contributed by atoms with Crippen molar-refractivity contribution < 1.29 is 0 Å². The molecule has 0 radical (unpaired) electrons. The van der Waals surface area contributed by atoms with Gasteiger partial charge in [0, 0.05) is 11.4 Å². The molecular weight excluding hydrogens is 202 g/mol. The Morgan fingerprint density at radius 3 is 2.33 bits per heavy atom. The van der Waals surface area contributed by atoms with Gasteiger partial charge < -0.3 is 5.73 Å². The van der Waals surface area contributed by atoms with Crippen LogP contribution in [0, 0.1) is 0 Å². The van der Waals surface area contributed by atoms with Crippen molar-refractivity contribution in [2.75, 3.05) is 0 Å². The van der Waals surface area contributed by atoms with Gasteiger partial charge in [-0.15, -0.1) is 0 Å². The zero-order valence-electron chi connectivity index (χ0n) is 9.29. The maximum atomic E-state index is 5.56. The Kier molecular flexibility index (Phi) is 4.66. The summed E-state index contributed by atoms with van der Waals surface area (Å²) in [5.41, 5.74) is 9.26. The van der Waals surface area contributed by atoms with Crippen molar-refractivity contribution in [3.05, 3.63) is 53.0 Å². The average Bonchev–Trinajstić information content (AvgIpc) is 2.26. The van der Waals surface area contributed by atoms with Gasteiger partial charge in [-0.1, -0.05) is 48.2 Å². The molecule has 0 aliphatic rings. The molecule has 80 valence electrons. The molecule has 0 aliphatic carbocycles. The first-order chi connectivity index (χ1) is 7.19. The maximum absolute atomic E-state index is 5.56. The van der Waals surface area contributed by atoms with Crippen molar-refractivity contribution >= 4 is 16.7 Å². The van der Waals surface area contributed by atoms with Crippen molar-refractivity contribution in [1.29, 1.82) is 0 Å². The molecular formula is C13H17NS. The highest BCUT2D eigenvalue weighted by Gasteiger charge is 2.02. The molecule has 2 N–H and O–H groups in total. The average molecular weight is 219 g/mol. The van der Waals surface area contributed by atoms with Crippen LogP contribution in [-0.2, 0) is 6.54 Å². The molecule has 0 saturated carbocycles. The fraction of sp³-hybridized carbons (Fsp3) is 0.231. The number of benzene rings is 1. The van der Waals surface area contributed by atoms with Crippen molar-refractivity contribution in [3.8, 4) is 0 Å². The van der Waals surface area contributed by atoms with Gasteiger partial charge in [-0.25, -0.2) is 0 Å². The Bertz CT molecular complexity index is 359. The lowest BCUT2D eigenvalue weighted by molar-refractivity contribution is 1.07. The number of rotatable bonds is 4. The zero-order valence-corrected chi connectivity index (χ0v) is 10.1. The van der Waals surface area contributed by atoms with E-state index in [0.717, 1.165) is 5.56 Å². The quantitative estimate of drug-likeness (QED) is 0.834. The van der Waals surface area contributed by atoms with Crippen LogP contribution in [0.1, 0.15) is 25.0 Å². The summed E-state index contributed by atoms with van der Waals surface area (Å²) < 4.78 is 0. The first-order valence-corrected chi connectivity index (χ1v) is 5.81. The summed E-state index contributed by atoms with van der Waals surface area (Å²) in [7, 11) is 0. The van der Waals surface area contributed by atoms with Gasteiger partial charge in [0.2, 0.25) is 0 Å². The third-order valence-electron chi connectivity index (χ3n) is 2.11. The molecule has 0 aromatic heterocycles. The van der Waals surface area contributed by atoms with Crippen LogP contribution in [0.2, 0.25) is 0 Å². The highest BCUT2D eigenvalue weighted by Crippen LogP contribution is 2.31. The van der Waals surface area contributed by atoms with Gasteiger partial charge in [0.1, 0.15) is 0 Å². The fourth-order valence-electron chi connectivity index (χ4n) is 1.35. The van der Waals surface area contributed by atoms with Crippen LogP contribution in [0.4, 0.5) is 0 Å². The number of thioether (sulfide) groups is 1. The third kappa shape index (κ3) is 3.26. The number of hydrogen-bond donors (Lipinski definition) is 1. The Labute approximate surface area is 96.1 Å². The number of allylic oxidation sites excluding steroid dienone is 1. The minimum Gasteiger partial charge on any atom is -0.326 e. The van der Waals surface area contributed by atoms with Crippen molar-refractivity contribution in [2.24, 2.45) is 5.73 Å². The Hall–Kier alpha value is -0.990. The molecule has 0 amide bonds. The zero-order chi connectivity index (χ0) is 11.3. The summed E-state index contributed by atoms with van der Waals surface area (Å²) in [4.78, 5) is 1.27. The van der Waals surface area contributed by atoms with Crippen LogP contribution >= 0.6 is 11.8 Å². The lowest BCUT2D eigenvalue weighted by atomic mass is 10.1. The molecule has 2 heteroatoms. The topological polar surface area (TPSA) is 26.0 Å². The molecule has 0 aliphatic heterocycles. The molecule has 1 nitrogen and oxygen atoms in total. The van der Waals surface area contributed by atoms with E-state index in [1.165, 1.54) is 16.0 Å². The Morgan fingerprint density at radius 2 is 1.93 bits per heavy atom. The molecule has 0 saturated heterocycles. The van der Waals surface area contributed by atoms with E-state index in [9.17, 15) is 0 Å². The second kappa shape index (κ2) is 5.79. The van der Waals surface area contributed by atoms with Crippen molar-refractivity contribution in [3.63, 3.8) is 0 Å². The van der Waals surface area contributed by atoms with Gasteiger partial charge in [0.05, 0.1) is 0 Å². The van der Waals surface area contributed by atoms with Gasteiger partial charge in [-0.05, 0) is 30.4 Å². The van der Waals surface area contributed by atoms with E-state index in [1.54, 1.807) is 11.8 Å². The van der Waals surface area contributed by atoms with Gasteiger partial charge in [0.15, 0.2) is 0 Å². The summed E-state index contributed by atoms with van der Waals surface area (Å²) in [5.74, 6) is 0. The lowest BCUT2D eigenvalue weighted by Crippen LogP contribution is -1.95. The van der Waals surface area contributed by atoms with Crippen LogP contribution in [-0.4, -0.2) is 0 Å². The van der Waals surface area contributed by atoms with E-state index in [-0.39, 0.29) is 0 Å². The van der Waals surface area contributed by atoms with Gasteiger partial charge in [-0.2, -0.15) is 0 Å². The van der Waals surface area contributed by atoms with E-state index in [0.29, 0.717) is 6.54 Å². The predicted octanol–water partition coefficient (Wildman–Crippen LogP) is 3.77. The molecule has 0 spiro atoms. The largest absolute Gasteiger partial charge is 0.326 e. The Balaban J connectivity index is 3.03. The fourth-order valence-corrected chi connectivity index (χ4v) is 2.02. The first-order valence-electron chi connectivity index (χ1n) is 4.93. The van der Waals surface area contributed by atoms with E-state index in [2.05, 4.69) is 44.7 Å². The van der Waals surface area contributed by atoms with Crippen molar-refractivity contribution in [2.45, 2.75) is 20.4 Å². The van der Waals surface area contributed by atoms with Crippen molar-refractivity contribution in [1.82, 2.24) is 0 Å². The van der Waals surface area contributed by atoms with Gasteiger partial charge >= 0.3 is 0 Å². The summed E-state index contributed by atoms with van der Waals surface area (Å²) in [6, 6.07) is 8.37. The molecule has 0 atom stereocenters. The highest BCUT2D eigenvalue weighted by atomic mass is 32.2. The SMILES string of the molecule is C=CSC(=C(C)C)c1ccc(CN)cc1. The predicted molar refractivity (Wildman–Crippen MR) is 70.4 cm³/mol. The van der Waals surface area contributed by atoms with E-state index >= 15 is 0 Å². The number of nitrogens with two attached hydrogens (primary N) is 1. The summed E-state index contributed by atoms with van der Waals surface area (Å²) in [5, 5.41) is 1.86. The van der Waals surface area contributed by atoms with E-state index in [1.807, 2.05) is 5.41 Å². The van der Waals surface area contributed by atoms with Gasteiger partial charge in [-0.3, -0.25) is 0 Å². The van der Waals surface area contributed by atoms with Crippen LogP contribution in [0.5, 0.6) is 0 Å². The second-order valence-electron chi connectivity index (χ2n) is 3.51. The molecule has 1 rings (SSSR count). The molecule has 1 aromatic carbocycles. The maximum Gasteiger partial charge on any atom is 0.0178 e. The molecule has 0 unspecified atom stereocenters. The van der Waals surface area contributed by atoms with E-state index in [4.69, 9.17) is 5.73 Å².